The van der Waals surface area contributed by atoms with E-state index in [1.165, 1.54) is 24.3 Å². The quantitative estimate of drug-likeness (QED) is 0.819. The predicted molar refractivity (Wildman–Crippen MR) is 98.6 cm³/mol. The molecule has 2 N–H and O–H groups in total. The molecule has 0 atom stereocenters. The number of aromatic amines is 1. The van der Waals surface area contributed by atoms with Crippen LogP contribution in [-0.4, -0.2) is 44.8 Å². The third kappa shape index (κ3) is 4.73. The van der Waals surface area contributed by atoms with E-state index in [-0.39, 0.29) is 22.9 Å². The Morgan fingerprint density at radius 3 is 2.50 bits per heavy atom. The van der Waals surface area contributed by atoms with Gasteiger partial charge in [0.05, 0.1) is 16.9 Å². The summed E-state index contributed by atoms with van der Waals surface area (Å²) in [7, 11) is 0. The number of halogens is 3. The molecular formula is C20H24F3N3O2. The van der Waals surface area contributed by atoms with Gasteiger partial charge >= 0.3 is 6.18 Å². The normalized spacial score (nSPS) is 16.4. The van der Waals surface area contributed by atoms with Crippen molar-refractivity contribution in [3.63, 3.8) is 0 Å². The molecule has 1 aromatic heterocycles. The molecule has 0 aliphatic carbocycles. The molecule has 1 aromatic carbocycles. The number of benzene rings is 1. The number of carbonyl (C=O) groups excluding carboxylic acids is 1. The Balaban J connectivity index is 1.71. The van der Waals surface area contributed by atoms with Crippen molar-refractivity contribution in [1.29, 1.82) is 0 Å². The SMILES string of the molecule is CC(C)(O)CC1CCN(C(=O)c2cc(-c3ccccc3C(F)(F)F)n[nH]2)CC1. The van der Waals surface area contributed by atoms with Crippen molar-refractivity contribution in [3.05, 3.63) is 41.6 Å². The van der Waals surface area contributed by atoms with Gasteiger partial charge in [-0.25, -0.2) is 0 Å². The number of rotatable bonds is 4. The molecule has 0 radical (unpaired) electrons. The summed E-state index contributed by atoms with van der Waals surface area (Å²) in [5.74, 6) is 0.0741. The number of aromatic nitrogens is 2. The second-order valence-electron chi connectivity index (χ2n) is 7.96. The highest BCUT2D eigenvalue weighted by molar-refractivity contribution is 5.93. The Hall–Kier alpha value is -2.35. The van der Waals surface area contributed by atoms with E-state index >= 15 is 0 Å². The van der Waals surface area contributed by atoms with Crippen LogP contribution in [0.2, 0.25) is 0 Å². The average molecular weight is 395 g/mol. The van der Waals surface area contributed by atoms with Gasteiger partial charge in [-0.05, 0) is 51.2 Å². The molecule has 0 unspecified atom stereocenters. The molecule has 1 amide bonds. The molecule has 1 fully saturated rings. The third-order valence-electron chi connectivity index (χ3n) is 5.01. The number of nitrogens with zero attached hydrogens (tertiary/aromatic N) is 2. The van der Waals surface area contributed by atoms with Gasteiger partial charge in [0.2, 0.25) is 0 Å². The van der Waals surface area contributed by atoms with Crippen molar-refractivity contribution >= 4 is 5.91 Å². The van der Waals surface area contributed by atoms with Gasteiger partial charge in [-0.3, -0.25) is 9.89 Å². The molecule has 28 heavy (non-hydrogen) atoms. The lowest BCUT2D eigenvalue weighted by molar-refractivity contribution is -0.137. The number of hydrogen-bond donors (Lipinski definition) is 2. The molecule has 2 heterocycles. The van der Waals surface area contributed by atoms with Crippen molar-refractivity contribution < 1.29 is 23.1 Å². The highest BCUT2D eigenvalue weighted by Gasteiger charge is 2.34. The van der Waals surface area contributed by atoms with Gasteiger partial charge in [0, 0.05) is 18.7 Å². The van der Waals surface area contributed by atoms with Crippen molar-refractivity contribution in [2.24, 2.45) is 5.92 Å². The van der Waals surface area contributed by atoms with Gasteiger partial charge in [0.25, 0.3) is 5.91 Å². The lowest BCUT2D eigenvalue weighted by Crippen LogP contribution is -2.40. The summed E-state index contributed by atoms with van der Waals surface area (Å²) in [6, 6.07) is 6.54. The topological polar surface area (TPSA) is 69.2 Å². The number of H-pyrrole nitrogens is 1. The van der Waals surface area contributed by atoms with Crippen LogP contribution in [-0.2, 0) is 6.18 Å². The van der Waals surface area contributed by atoms with Gasteiger partial charge < -0.3 is 10.0 Å². The van der Waals surface area contributed by atoms with E-state index in [1.54, 1.807) is 18.7 Å². The van der Waals surface area contributed by atoms with Gasteiger partial charge in [-0.15, -0.1) is 0 Å². The van der Waals surface area contributed by atoms with Crippen LogP contribution in [0, 0.1) is 5.92 Å². The van der Waals surface area contributed by atoms with Crippen LogP contribution in [0.25, 0.3) is 11.3 Å². The Labute approximate surface area is 161 Å². The largest absolute Gasteiger partial charge is 0.417 e. The highest BCUT2D eigenvalue weighted by Crippen LogP contribution is 2.36. The zero-order valence-electron chi connectivity index (χ0n) is 15.9. The van der Waals surface area contributed by atoms with E-state index in [0.717, 1.165) is 18.9 Å². The van der Waals surface area contributed by atoms with E-state index < -0.39 is 17.3 Å². The molecule has 8 heteroatoms. The van der Waals surface area contributed by atoms with Crippen molar-refractivity contribution in [2.75, 3.05) is 13.1 Å². The molecule has 1 saturated heterocycles. The fraction of sp³-hybridized carbons (Fsp3) is 0.500. The number of likely N-dealkylation sites (tertiary alicyclic amines) is 1. The van der Waals surface area contributed by atoms with Crippen LogP contribution in [0.3, 0.4) is 0 Å². The molecule has 0 bridgehead atoms. The molecular weight excluding hydrogens is 371 g/mol. The summed E-state index contributed by atoms with van der Waals surface area (Å²) >= 11 is 0. The van der Waals surface area contributed by atoms with Crippen LogP contribution >= 0.6 is 0 Å². The molecule has 1 aliphatic heterocycles. The fourth-order valence-corrected chi connectivity index (χ4v) is 3.74. The fourth-order valence-electron chi connectivity index (χ4n) is 3.74. The van der Waals surface area contributed by atoms with E-state index in [2.05, 4.69) is 10.2 Å². The molecule has 0 saturated carbocycles. The first-order valence-corrected chi connectivity index (χ1v) is 9.28. The second-order valence-corrected chi connectivity index (χ2v) is 7.96. The molecule has 2 aromatic rings. The number of alkyl halides is 3. The maximum absolute atomic E-state index is 13.2. The summed E-state index contributed by atoms with van der Waals surface area (Å²) in [6.07, 6.45) is -2.25. The Morgan fingerprint density at radius 2 is 1.89 bits per heavy atom. The second kappa shape index (κ2) is 7.58. The van der Waals surface area contributed by atoms with Crippen LogP contribution in [0.1, 0.15) is 49.2 Å². The number of amides is 1. The maximum atomic E-state index is 13.2. The minimum Gasteiger partial charge on any atom is -0.390 e. The Morgan fingerprint density at radius 1 is 1.25 bits per heavy atom. The minimum atomic E-state index is -4.50. The monoisotopic (exact) mass is 395 g/mol. The predicted octanol–water partition coefficient (Wildman–Crippen LogP) is 4.11. The standard InChI is InChI=1S/C20H24F3N3O2/c1-19(2,28)12-13-7-9-26(10-8-13)18(27)17-11-16(24-25-17)14-5-3-4-6-15(14)20(21,22)23/h3-6,11,13,28H,7-10,12H2,1-2H3,(H,24,25). The van der Waals surface area contributed by atoms with Gasteiger partial charge in [0.15, 0.2) is 0 Å². The zero-order chi connectivity index (χ0) is 20.5. The number of piperidine rings is 1. The first-order chi connectivity index (χ1) is 13.0. The smallest absolute Gasteiger partial charge is 0.390 e. The number of aliphatic hydroxyl groups is 1. The van der Waals surface area contributed by atoms with Crippen LogP contribution < -0.4 is 0 Å². The molecule has 5 nitrogen and oxygen atoms in total. The van der Waals surface area contributed by atoms with E-state index in [9.17, 15) is 23.1 Å². The summed E-state index contributed by atoms with van der Waals surface area (Å²) in [4.78, 5) is 14.4. The summed E-state index contributed by atoms with van der Waals surface area (Å²) in [6.45, 7) is 4.64. The van der Waals surface area contributed by atoms with E-state index in [4.69, 9.17) is 0 Å². The van der Waals surface area contributed by atoms with Gasteiger partial charge in [0.1, 0.15) is 5.69 Å². The first-order valence-electron chi connectivity index (χ1n) is 9.28. The zero-order valence-corrected chi connectivity index (χ0v) is 15.9. The minimum absolute atomic E-state index is 0.0609. The van der Waals surface area contributed by atoms with Crippen molar-refractivity contribution in [1.82, 2.24) is 15.1 Å². The lowest BCUT2D eigenvalue weighted by atomic mass is 9.86. The number of carbonyl (C=O) groups is 1. The highest BCUT2D eigenvalue weighted by atomic mass is 19.4. The molecule has 3 rings (SSSR count). The number of nitrogens with one attached hydrogen (secondary N) is 1. The van der Waals surface area contributed by atoms with Crippen LogP contribution in [0.15, 0.2) is 30.3 Å². The van der Waals surface area contributed by atoms with Crippen LogP contribution in [0.5, 0.6) is 0 Å². The Bertz CT molecular complexity index is 832. The average Bonchev–Trinajstić information content (AvgIpc) is 3.10. The molecule has 152 valence electrons. The van der Waals surface area contributed by atoms with Gasteiger partial charge in [-0.2, -0.15) is 18.3 Å². The third-order valence-corrected chi connectivity index (χ3v) is 5.01. The summed E-state index contributed by atoms with van der Waals surface area (Å²) < 4.78 is 39.6. The van der Waals surface area contributed by atoms with Crippen molar-refractivity contribution in [2.45, 2.75) is 44.9 Å². The summed E-state index contributed by atoms with van der Waals surface area (Å²) in [5.41, 5.74) is -1.32. The number of hydrogen-bond acceptors (Lipinski definition) is 3. The maximum Gasteiger partial charge on any atom is 0.417 e. The van der Waals surface area contributed by atoms with Crippen LogP contribution in [0.4, 0.5) is 13.2 Å². The molecule has 1 aliphatic rings. The van der Waals surface area contributed by atoms with E-state index in [1.807, 2.05) is 0 Å². The van der Waals surface area contributed by atoms with E-state index in [0.29, 0.717) is 25.4 Å². The lowest BCUT2D eigenvalue weighted by Gasteiger charge is -2.34. The van der Waals surface area contributed by atoms with Crippen molar-refractivity contribution in [3.8, 4) is 11.3 Å². The molecule has 0 spiro atoms. The Kier molecular flexibility index (Phi) is 5.52. The summed E-state index contributed by atoms with van der Waals surface area (Å²) in [5, 5.41) is 16.5. The first kappa shape index (κ1) is 20.4. The van der Waals surface area contributed by atoms with Gasteiger partial charge in [-0.1, -0.05) is 18.2 Å².